The highest BCUT2D eigenvalue weighted by molar-refractivity contribution is 14.1. The Bertz CT molecular complexity index is 2370. The van der Waals surface area contributed by atoms with Crippen molar-refractivity contribution in [3.63, 3.8) is 0 Å². The SMILES string of the molecule is Cc1c(Nc2nc3ccccc3s2)nnc2c1CCCN2c1ccc(-c2cnn(CC34CC5(OCCN(I)C(CO)CO)C[C@](C)(C3)C[C@](C)(C4)C5)c2C)c(C(=O)O)n1. The number of hydrogen-bond donors (Lipinski definition) is 4. The summed E-state index contributed by atoms with van der Waals surface area (Å²) in [4.78, 5) is 24.4. The van der Waals surface area contributed by atoms with Gasteiger partial charge in [0.1, 0.15) is 5.82 Å². The van der Waals surface area contributed by atoms with E-state index < -0.39 is 5.97 Å². The van der Waals surface area contributed by atoms with Gasteiger partial charge in [0, 0.05) is 70.4 Å². The molecular formula is C43H52IN9O5S. The molecule has 0 saturated heterocycles. The van der Waals surface area contributed by atoms with Crippen molar-refractivity contribution in [3.8, 4) is 11.1 Å². The van der Waals surface area contributed by atoms with Gasteiger partial charge in [0.15, 0.2) is 22.5 Å². The number of aliphatic hydroxyl groups excluding tert-OH is 2. The molecule has 4 atom stereocenters. The number of carboxylic acids is 1. The maximum Gasteiger partial charge on any atom is 0.355 e. The van der Waals surface area contributed by atoms with E-state index >= 15 is 0 Å². The molecule has 10 rings (SSSR count). The van der Waals surface area contributed by atoms with Crippen molar-refractivity contribution in [3.05, 3.63) is 65.1 Å². The quantitative estimate of drug-likeness (QED) is 0.0633. The number of pyridine rings is 1. The molecule has 59 heavy (non-hydrogen) atoms. The third-order valence-electron chi connectivity index (χ3n) is 13.3. The minimum atomic E-state index is -1.10. The molecule has 4 N–H and O–H groups in total. The van der Waals surface area contributed by atoms with E-state index in [-0.39, 0.29) is 46.8 Å². The lowest BCUT2D eigenvalue weighted by molar-refractivity contribution is -0.248. The summed E-state index contributed by atoms with van der Waals surface area (Å²) >= 11 is 3.74. The van der Waals surface area contributed by atoms with E-state index in [1.807, 2.05) is 58.3 Å². The molecule has 4 saturated carbocycles. The maximum atomic E-state index is 12.9. The van der Waals surface area contributed by atoms with Gasteiger partial charge in [-0.15, -0.1) is 10.2 Å². The lowest BCUT2D eigenvalue weighted by Crippen LogP contribution is -2.64. The van der Waals surface area contributed by atoms with Crippen LogP contribution in [-0.4, -0.2) is 98.9 Å². The number of thiazole rings is 1. The molecule has 1 aromatic carbocycles. The number of carbonyl (C=O) groups is 1. The Kier molecular flexibility index (Phi) is 10.5. The van der Waals surface area contributed by atoms with Crippen LogP contribution in [0, 0.1) is 30.1 Å². The number of carboxylic acid groups (broad SMARTS) is 1. The third-order valence-corrected chi connectivity index (χ3v) is 15.5. The number of aliphatic hydroxyl groups is 2. The van der Waals surface area contributed by atoms with E-state index in [1.54, 1.807) is 17.5 Å². The van der Waals surface area contributed by atoms with Crippen LogP contribution >= 0.6 is 34.2 Å². The first-order valence-corrected chi connectivity index (χ1v) is 22.3. The Morgan fingerprint density at radius 1 is 1.00 bits per heavy atom. The van der Waals surface area contributed by atoms with Crippen LogP contribution in [0.25, 0.3) is 21.3 Å². The Balaban J connectivity index is 0.959. The van der Waals surface area contributed by atoms with Crippen LogP contribution < -0.4 is 10.2 Å². The number of rotatable bonds is 14. The fourth-order valence-corrected chi connectivity index (χ4v) is 13.4. The number of para-hydroxylation sites is 1. The number of halogens is 1. The predicted molar refractivity (Wildman–Crippen MR) is 236 cm³/mol. The summed E-state index contributed by atoms with van der Waals surface area (Å²) in [7, 11) is 0. The second-order valence-electron chi connectivity index (χ2n) is 18.4. The van der Waals surface area contributed by atoms with Crippen molar-refractivity contribution in [2.24, 2.45) is 16.2 Å². The van der Waals surface area contributed by atoms with Crippen molar-refractivity contribution in [2.45, 2.75) is 97.2 Å². The van der Waals surface area contributed by atoms with Gasteiger partial charge in [-0.05, 0) is 106 Å². The van der Waals surface area contributed by atoms with Gasteiger partial charge in [0.05, 0.1) is 47.9 Å². The van der Waals surface area contributed by atoms with Gasteiger partial charge in [-0.3, -0.25) is 4.68 Å². The number of nitrogens with one attached hydrogen (secondary N) is 1. The van der Waals surface area contributed by atoms with Gasteiger partial charge in [-0.2, -0.15) is 5.10 Å². The molecule has 0 spiro atoms. The summed E-state index contributed by atoms with van der Waals surface area (Å²) < 4.78 is 12.0. The highest BCUT2D eigenvalue weighted by Crippen LogP contribution is 2.72. The molecular weight excluding hydrogens is 882 g/mol. The van der Waals surface area contributed by atoms with E-state index in [0.29, 0.717) is 42.7 Å². The van der Waals surface area contributed by atoms with Gasteiger partial charge < -0.3 is 30.3 Å². The van der Waals surface area contributed by atoms with Gasteiger partial charge >= 0.3 is 5.97 Å². The highest BCUT2D eigenvalue weighted by atomic mass is 127. The molecule has 5 aliphatic rings. The number of aromatic nitrogens is 6. The largest absolute Gasteiger partial charge is 0.476 e. The number of ether oxygens (including phenoxy) is 1. The predicted octanol–water partition coefficient (Wildman–Crippen LogP) is 7.63. The Morgan fingerprint density at radius 3 is 2.49 bits per heavy atom. The molecule has 4 fully saturated rings. The van der Waals surface area contributed by atoms with E-state index in [0.717, 1.165) is 89.2 Å². The summed E-state index contributed by atoms with van der Waals surface area (Å²) in [5, 5.41) is 48.2. The van der Waals surface area contributed by atoms with E-state index in [2.05, 4.69) is 56.9 Å². The number of fused-ring (bicyclic) bond motifs is 2. The van der Waals surface area contributed by atoms with Crippen LogP contribution in [0.4, 0.5) is 22.6 Å². The van der Waals surface area contributed by atoms with E-state index in [9.17, 15) is 20.1 Å². The summed E-state index contributed by atoms with van der Waals surface area (Å²) in [6.07, 6.45) is 9.86. The smallest absolute Gasteiger partial charge is 0.355 e. The van der Waals surface area contributed by atoms with Crippen LogP contribution in [0.5, 0.6) is 0 Å². The zero-order valence-corrected chi connectivity index (χ0v) is 37.0. The minimum Gasteiger partial charge on any atom is -0.476 e. The molecule has 16 heteroatoms. The number of hydrogen-bond acceptors (Lipinski definition) is 13. The molecule has 5 aromatic rings. The maximum absolute atomic E-state index is 12.9. The van der Waals surface area contributed by atoms with Crippen molar-refractivity contribution in [1.29, 1.82) is 0 Å². The van der Waals surface area contributed by atoms with Crippen molar-refractivity contribution in [1.82, 2.24) is 33.1 Å². The minimum absolute atomic E-state index is 0.0165. The summed E-state index contributed by atoms with van der Waals surface area (Å²) in [6.45, 7) is 11.3. The average Bonchev–Trinajstić information content (AvgIpc) is 3.76. The molecule has 4 bridgehead atoms. The lowest BCUT2D eigenvalue weighted by Gasteiger charge is -2.69. The zero-order chi connectivity index (χ0) is 41.3. The summed E-state index contributed by atoms with van der Waals surface area (Å²) in [6, 6.07) is 11.5. The molecule has 1 aliphatic heterocycles. The Labute approximate surface area is 361 Å². The molecule has 2 unspecified atom stereocenters. The first-order valence-electron chi connectivity index (χ1n) is 20.6. The fourth-order valence-electron chi connectivity index (χ4n) is 12.0. The van der Waals surface area contributed by atoms with Crippen LogP contribution in [0.3, 0.4) is 0 Å². The Morgan fingerprint density at radius 2 is 1.76 bits per heavy atom. The fraction of sp³-hybridized carbons (Fsp3) is 0.535. The molecule has 0 radical (unpaired) electrons. The first kappa shape index (κ1) is 40.6. The Hall–Kier alpha value is -3.81. The molecule has 5 heterocycles. The van der Waals surface area contributed by atoms with E-state index in [4.69, 9.17) is 19.8 Å². The van der Waals surface area contributed by atoms with Crippen LogP contribution in [-0.2, 0) is 17.7 Å². The second kappa shape index (κ2) is 15.3. The summed E-state index contributed by atoms with van der Waals surface area (Å²) in [5.74, 6) is 0.770. The monoisotopic (exact) mass is 933 g/mol. The number of anilines is 4. The van der Waals surface area contributed by atoms with Gasteiger partial charge in [-0.1, -0.05) is 37.3 Å². The first-order chi connectivity index (χ1) is 28.2. The van der Waals surface area contributed by atoms with Gasteiger partial charge in [0.2, 0.25) is 0 Å². The van der Waals surface area contributed by atoms with Crippen LogP contribution in [0.1, 0.15) is 86.1 Å². The van der Waals surface area contributed by atoms with Crippen molar-refractivity contribution >= 4 is 73.0 Å². The molecule has 0 amide bonds. The number of aromatic carboxylic acids is 1. The number of nitrogens with zero attached hydrogens (tertiary/aromatic N) is 8. The second-order valence-corrected chi connectivity index (χ2v) is 20.6. The van der Waals surface area contributed by atoms with Crippen LogP contribution in [0.15, 0.2) is 42.6 Å². The van der Waals surface area contributed by atoms with Gasteiger partial charge in [-0.25, -0.2) is 17.9 Å². The summed E-state index contributed by atoms with van der Waals surface area (Å²) in [5.41, 5.74) is 5.21. The molecule has 14 nitrogen and oxygen atoms in total. The molecule has 4 aliphatic carbocycles. The molecule has 312 valence electrons. The van der Waals surface area contributed by atoms with E-state index in [1.165, 1.54) is 6.42 Å². The third kappa shape index (κ3) is 7.51. The van der Waals surface area contributed by atoms with Crippen LogP contribution in [0.2, 0.25) is 0 Å². The number of benzene rings is 1. The van der Waals surface area contributed by atoms with Crippen molar-refractivity contribution in [2.75, 3.05) is 43.1 Å². The topological polar surface area (TPSA) is 175 Å². The zero-order valence-electron chi connectivity index (χ0n) is 34.0. The van der Waals surface area contributed by atoms with Gasteiger partial charge in [0.25, 0.3) is 0 Å². The standard InChI is InChI=1S/C43H52IN9O5S/c1-26-29-8-7-13-51(37(29)50-49-36(26)48-39-46-32-9-5-6-10-33(32)59-39)34-12-11-30(35(47-34)38(56)57)31-16-45-53(27(31)2)25-42-20-40(3)19-41(4,21-42)23-43(22-40,24-42)58-15-14-52(44)28(17-54)18-55/h5-6,9-12,16,28,54-55H,7-8,13-15,17-25H2,1-4H3,(H,56,57)(H,46,48,49)/t40-,41+,42?,43?. The molecule has 4 aromatic heterocycles. The average molecular weight is 934 g/mol. The van der Waals surface area contributed by atoms with Crippen molar-refractivity contribution < 1.29 is 24.9 Å². The highest BCUT2D eigenvalue weighted by Gasteiger charge is 2.66. The lowest BCUT2D eigenvalue weighted by atomic mass is 9.39. The normalized spacial score (nSPS) is 26.0.